The van der Waals surface area contributed by atoms with Gasteiger partial charge >= 0.3 is 0 Å². The molecule has 2 rings (SSSR count). The van der Waals surface area contributed by atoms with Crippen LogP contribution in [0, 0.1) is 25.7 Å². The molecule has 0 aliphatic carbocycles. The van der Waals surface area contributed by atoms with E-state index in [0.717, 1.165) is 82.5 Å². The number of aliphatic imine (C=N–C) groups is 1. The van der Waals surface area contributed by atoms with Gasteiger partial charge in [-0.3, -0.25) is 14.8 Å². The Balaban J connectivity index is -0.000000435. The van der Waals surface area contributed by atoms with Crippen molar-refractivity contribution in [3.05, 3.63) is 106 Å². The summed E-state index contributed by atoms with van der Waals surface area (Å²) in [5, 5.41) is 9.65. The van der Waals surface area contributed by atoms with Crippen molar-refractivity contribution in [2.75, 3.05) is 0 Å². The van der Waals surface area contributed by atoms with Gasteiger partial charge in [0.1, 0.15) is 11.5 Å². The summed E-state index contributed by atoms with van der Waals surface area (Å²) in [6.07, 6.45) is 17.1. The summed E-state index contributed by atoms with van der Waals surface area (Å²) in [7, 11) is 0. The maximum absolute atomic E-state index is 14.2. The molecule has 324 valence electrons. The van der Waals surface area contributed by atoms with Gasteiger partial charge in [-0.05, 0) is 106 Å². The summed E-state index contributed by atoms with van der Waals surface area (Å²) < 4.78 is 14.2. The van der Waals surface area contributed by atoms with Gasteiger partial charge in [-0.1, -0.05) is 159 Å². The van der Waals surface area contributed by atoms with Crippen molar-refractivity contribution in [1.29, 1.82) is 0 Å². The number of hydrogen-bond donors (Lipinski definition) is 1. The Morgan fingerprint density at radius 2 is 1.44 bits per heavy atom. The Hall–Kier alpha value is -3.93. The summed E-state index contributed by atoms with van der Waals surface area (Å²) >= 11 is 0. The van der Waals surface area contributed by atoms with Gasteiger partial charge in [0, 0.05) is 24.5 Å². The van der Waals surface area contributed by atoms with Crippen molar-refractivity contribution in [3.63, 3.8) is 0 Å². The quantitative estimate of drug-likeness (QED) is 0.0843. The van der Waals surface area contributed by atoms with E-state index in [1.165, 1.54) is 56.5 Å². The molecule has 0 saturated heterocycles. The predicted molar refractivity (Wildman–Crippen MR) is 254 cm³/mol. The molecular weight excluding hydrogens is 706 g/mol. The highest BCUT2D eigenvalue weighted by Gasteiger charge is 2.11. The molecule has 1 N–H and O–H groups in total. The number of Topliss-reactive ketones (excluding diaryl/α,β-unsaturated/α-hetero) is 1. The lowest BCUT2D eigenvalue weighted by Crippen LogP contribution is -2.00. The van der Waals surface area contributed by atoms with E-state index in [4.69, 9.17) is 4.99 Å². The number of ketones is 1. The van der Waals surface area contributed by atoms with Gasteiger partial charge in [0.05, 0.1) is 11.9 Å². The zero-order chi connectivity index (χ0) is 45.1. The molecule has 0 aliphatic heterocycles. The Bertz CT molecular complexity index is 1520. The van der Waals surface area contributed by atoms with E-state index in [-0.39, 0.29) is 11.5 Å². The van der Waals surface area contributed by atoms with Crippen molar-refractivity contribution in [1.82, 2.24) is 9.97 Å². The fourth-order valence-corrected chi connectivity index (χ4v) is 5.17. The number of aryl methyl sites for hydroxylation is 2. The molecule has 5 nitrogen and oxygen atoms in total. The third-order valence-corrected chi connectivity index (χ3v) is 8.01. The number of allylic oxidation sites excluding steroid dienone is 8. The highest BCUT2D eigenvalue weighted by molar-refractivity contribution is 6.22. The van der Waals surface area contributed by atoms with Crippen LogP contribution >= 0.6 is 0 Å². The molecule has 1 aromatic carbocycles. The number of aliphatic hydroxyl groups is 1. The van der Waals surface area contributed by atoms with Crippen LogP contribution in [-0.4, -0.2) is 26.6 Å². The Labute approximate surface area is 351 Å². The fraction of sp³-hybridized carbons (Fsp3) is 0.569. The lowest BCUT2D eigenvalue weighted by Gasteiger charge is -2.14. The second-order valence-corrected chi connectivity index (χ2v) is 14.3. The first-order chi connectivity index (χ1) is 26.9. The number of halogens is 1. The average molecular weight is 792 g/mol. The molecule has 1 aromatic heterocycles. The smallest absolute Gasteiger partial charge is 0.179 e. The maximum Gasteiger partial charge on any atom is 0.179 e. The molecule has 0 spiro atoms. The molecule has 1 heterocycles. The largest absolute Gasteiger partial charge is 0.505 e. The highest BCUT2D eigenvalue weighted by Crippen LogP contribution is 2.27. The molecule has 0 radical (unpaired) electrons. The average Bonchev–Trinajstić information content (AvgIpc) is 3.18. The zero-order valence-electron chi connectivity index (χ0n) is 40.2. The Morgan fingerprint density at radius 1 is 0.895 bits per heavy atom. The van der Waals surface area contributed by atoms with Gasteiger partial charge < -0.3 is 5.11 Å². The van der Waals surface area contributed by atoms with Crippen LogP contribution in [0.3, 0.4) is 0 Å². The van der Waals surface area contributed by atoms with E-state index in [2.05, 4.69) is 78.9 Å². The molecule has 0 fully saturated rings. The van der Waals surface area contributed by atoms with Crippen LogP contribution in [0.15, 0.2) is 83.2 Å². The monoisotopic (exact) mass is 792 g/mol. The SMILES string of the molecule is C=C(C(C)=N/C(CC)=C(\C)CCC)c1ccc(C(=C\CC)/C=C(F)\C(O)=C/C)cc1C.CC.CC.CC(=O)c1cnc(C)cn1.CC(C)C.CCCC(C)CCC. The molecule has 0 unspecified atom stereocenters. The van der Waals surface area contributed by atoms with Gasteiger partial charge in [-0.15, -0.1) is 0 Å². The van der Waals surface area contributed by atoms with Gasteiger partial charge in [-0.25, -0.2) is 9.37 Å². The van der Waals surface area contributed by atoms with Crippen LogP contribution in [-0.2, 0) is 0 Å². The van der Waals surface area contributed by atoms with Crippen molar-refractivity contribution < 1.29 is 14.3 Å². The second-order valence-electron chi connectivity index (χ2n) is 14.3. The molecule has 0 bridgehead atoms. The second kappa shape index (κ2) is 37.6. The van der Waals surface area contributed by atoms with Crippen LogP contribution in [0.1, 0.15) is 202 Å². The third kappa shape index (κ3) is 29.0. The van der Waals surface area contributed by atoms with E-state index >= 15 is 0 Å². The predicted octanol–water partition coefficient (Wildman–Crippen LogP) is 17.0. The third-order valence-electron chi connectivity index (χ3n) is 8.01. The van der Waals surface area contributed by atoms with Gasteiger partial charge in [0.15, 0.2) is 11.6 Å². The molecule has 0 aliphatic rings. The number of carbonyl (C=O) groups is 1. The van der Waals surface area contributed by atoms with E-state index in [1.54, 1.807) is 13.1 Å². The molecule has 0 atom stereocenters. The highest BCUT2D eigenvalue weighted by atomic mass is 19.1. The normalized spacial score (nSPS) is 11.9. The Morgan fingerprint density at radius 3 is 1.82 bits per heavy atom. The zero-order valence-corrected chi connectivity index (χ0v) is 40.2. The summed E-state index contributed by atoms with van der Waals surface area (Å²) in [5.74, 6) is 0.754. The first-order valence-corrected chi connectivity index (χ1v) is 21.7. The van der Waals surface area contributed by atoms with E-state index < -0.39 is 5.83 Å². The van der Waals surface area contributed by atoms with E-state index in [9.17, 15) is 14.3 Å². The molecule has 57 heavy (non-hydrogen) atoms. The summed E-state index contributed by atoms with van der Waals surface area (Å²) in [6.45, 7) is 43.1. The number of hydrogen-bond acceptors (Lipinski definition) is 5. The van der Waals surface area contributed by atoms with E-state index in [0.29, 0.717) is 5.69 Å². The summed E-state index contributed by atoms with van der Waals surface area (Å²) in [4.78, 5) is 23.3. The minimum absolute atomic E-state index is 0.0486. The summed E-state index contributed by atoms with van der Waals surface area (Å²) in [5.41, 5.74) is 9.24. The van der Waals surface area contributed by atoms with Crippen molar-refractivity contribution in [2.24, 2.45) is 16.8 Å². The summed E-state index contributed by atoms with van der Waals surface area (Å²) in [6, 6.07) is 6.02. The van der Waals surface area contributed by atoms with Crippen LogP contribution in [0.25, 0.3) is 11.1 Å². The molecule has 2 aromatic rings. The molecule has 0 saturated carbocycles. The molecule has 6 heteroatoms. The van der Waals surface area contributed by atoms with Crippen LogP contribution in [0.5, 0.6) is 0 Å². The fourth-order valence-electron chi connectivity index (χ4n) is 5.17. The minimum atomic E-state index is -0.641. The van der Waals surface area contributed by atoms with Gasteiger partial charge in [-0.2, -0.15) is 0 Å². The first kappa shape index (κ1) is 59.8. The van der Waals surface area contributed by atoms with Crippen LogP contribution in [0.2, 0.25) is 0 Å². The van der Waals surface area contributed by atoms with Crippen LogP contribution < -0.4 is 0 Å². The lowest BCUT2D eigenvalue weighted by atomic mass is 9.93. The maximum atomic E-state index is 14.2. The first-order valence-electron chi connectivity index (χ1n) is 21.7. The number of aliphatic hydroxyl groups excluding tert-OH is 1. The van der Waals surface area contributed by atoms with Crippen molar-refractivity contribution in [2.45, 2.75) is 183 Å². The van der Waals surface area contributed by atoms with E-state index in [1.807, 2.05) is 79.7 Å². The standard InChI is InChI=1S/C28H38FNO.C8H18.C7H8N2O.C4H10.2C2H6/c1-9-13-19(5)27(11-3)30-22(8)21(7)25-16-15-24(17-20(25)6)23(14-10-2)18-26(29)28(31)12-4;1-4-6-8(3)7-5-2;1-5-3-9-7(4-8-5)6(2)10;1-4(2)3;2*1-2/h12,14-18,31H,7,9-11,13H2,1-6,8H3;8H,4-7H2,1-3H3;3-4H,1-2H3;4H,1-3H3;2*1-2H3/b23-14-,26-18+,27-19+,28-12+,30-22?;;;;;. The number of benzene rings is 1. The topological polar surface area (TPSA) is 75.4 Å². The number of nitrogens with zero attached hydrogens (tertiary/aromatic N) is 3. The molecular formula is C51H86FN3O2. The molecule has 0 amide bonds. The lowest BCUT2D eigenvalue weighted by molar-refractivity contribution is 0.101. The number of carbonyl (C=O) groups excluding carboxylic acids is 1. The van der Waals surface area contributed by atoms with Crippen LogP contribution in [0.4, 0.5) is 4.39 Å². The minimum Gasteiger partial charge on any atom is -0.505 e. The van der Waals surface area contributed by atoms with Gasteiger partial charge in [0.25, 0.3) is 0 Å². The number of aromatic nitrogens is 2. The van der Waals surface area contributed by atoms with Crippen molar-refractivity contribution in [3.8, 4) is 0 Å². The number of rotatable bonds is 15. The van der Waals surface area contributed by atoms with Gasteiger partial charge in [0.2, 0.25) is 0 Å². The van der Waals surface area contributed by atoms with Crippen molar-refractivity contribution >= 4 is 22.6 Å². The Kier molecular flexibility index (Phi) is 39.5.